The molecule has 0 aromatic heterocycles. The molecule has 0 aliphatic carbocycles. The SMILES string of the molecule is CCOCCCNC(=S)N(C)CC1CCOCC1. The van der Waals surface area contributed by atoms with Gasteiger partial charge in [0.15, 0.2) is 5.11 Å². The molecule has 4 nitrogen and oxygen atoms in total. The highest BCUT2D eigenvalue weighted by Crippen LogP contribution is 2.15. The Kier molecular flexibility index (Phi) is 8.29. The Hall–Kier alpha value is -0.390. The van der Waals surface area contributed by atoms with Crippen LogP contribution in [0.3, 0.4) is 0 Å². The van der Waals surface area contributed by atoms with Crippen LogP contribution in [0.1, 0.15) is 26.2 Å². The third-order valence-electron chi connectivity index (χ3n) is 3.17. The molecule has 1 N–H and O–H groups in total. The van der Waals surface area contributed by atoms with Gasteiger partial charge in [-0.3, -0.25) is 0 Å². The van der Waals surface area contributed by atoms with Crippen LogP contribution >= 0.6 is 12.2 Å². The summed E-state index contributed by atoms with van der Waals surface area (Å²) in [6.45, 7) is 7.31. The van der Waals surface area contributed by atoms with Gasteiger partial charge in [-0.15, -0.1) is 0 Å². The molecule has 1 aliphatic heterocycles. The molecule has 0 saturated carbocycles. The molecule has 0 atom stereocenters. The molecule has 1 heterocycles. The quantitative estimate of drug-likeness (QED) is 0.564. The molecule has 0 aromatic rings. The summed E-state index contributed by atoms with van der Waals surface area (Å²) in [5, 5.41) is 4.12. The van der Waals surface area contributed by atoms with Crippen molar-refractivity contribution in [2.45, 2.75) is 26.2 Å². The Morgan fingerprint density at radius 2 is 2.17 bits per heavy atom. The minimum atomic E-state index is 0.715. The lowest BCUT2D eigenvalue weighted by Gasteiger charge is -2.28. The summed E-state index contributed by atoms with van der Waals surface area (Å²) in [6.07, 6.45) is 3.30. The van der Waals surface area contributed by atoms with E-state index in [2.05, 4.69) is 17.3 Å². The van der Waals surface area contributed by atoms with E-state index in [0.29, 0.717) is 5.92 Å². The van der Waals surface area contributed by atoms with Crippen molar-refractivity contribution in [3.05, 3.63) is 0 Å². The van der Waals surface area contributed by atoms with Gasteiger partial charge in [-0.05, 0) is 44.3 Å². The van der Waals surface area contributed by atoms with Gasteiger partial charge in [0.25, 0.3) is 0 Å². The average Bonchev–Trinajstić information content (AvgIpc) is 2.39. The highest BCUT2D eigenvalue weighted by Gasteiger charge is 2.16. The molecule has 1 rings (SSSR count). The van der Waals surface area contributed by atoms with Gasteiger partial charge in [0.05, 0.1) is 0 Å². The van der Waals surface area contributed by atoms with E-state index in [-0.39, 0.29) is 0 Å². The minimum absolute atomic E-state index is 0.715. The zero-order chi connectivity index (χ0) is 13.2. The molecular weight excluding hydrogens is 248 g/mol. The van der Waals surface area contributed by atoms with Crippen LogP contribution in [0.4, 0.5) is 0 Å². The van der Waals surface area contributed by atoms with E-state index in [1.54, 1.807) is 0 Å². The van der Waals surface area contributed by atoms with Crippen LogP contribution in [0.15, 0.2) is 0 Å². The van der Waals surface area contributed by atoms with Crippen molar-refractivity contribution in [3.63, 3.8) is 0 Å². The number of ether oxygens (including phenoxy) is 2. The van der Waals surface area contributed by atoms with Gasteiger partial charge in [0.1, 0.15) is 0 Å². The second-order valence-corrected chi connectivity index (χ2v) is 5.11. The lowest BCUT2D eigenvalue weighted by molar-refractivity contribution is 0.0612. The highest BCUT2D eigenvalue weighted by atomic mass is 32.1. The van der Waals surface area contributed by atoms with E-state index < -0.39 is 0 Å². The highest BCUT2D eigenvalue weighted by molar-refractivity contribution is 7.80. The first-order valence-electron chi connectivity index (χ1n) is 6.88. The van der Waals surface area contributed by atoms with Crippen molar-refractivity contribution >= 4 is 17.3 Å². The van der Waals surface area contributed by atoms with Crippen molar-refractivity contribution in [2.75, 3.05) is 46.6 Å². The van der Waals surface area contributed by atoms with Crippen molar-refractivity contribution in [1.29, 1.82) is 0 Å². The number of rotatable bonds is 7. The summed E-state index contributed by atoms with van der Waals surface area (Å²) < 4.78 is 10.6. The molecule has 106 valence electrons. The van der Waals surface area contributed by atoms with Gasteiger partial charge in [-0.2, -0.15) is 0 Å². The minimum Gasteiger partial charge on any atom is -0.382 e. The van der Waals surface area contributed by atoms with E-state index in [9.17, 15) is 0 Å². The maximum Gasteiger partial charge on any atom is 0.168 e. The lowest BCUT2D eigenvalue weighted by Crippen LogP contribution is -2.41. The predicted octanol–water partition coefficient (Wildman–Crippen LogP) is 1.65. The first-order chi connectivity index (χ1) is 8.74. The lowest BCUT2D eigenvalue weighted by atomic mass is 10.0. The largest absolute Gasteiger partial charge is 0.382 e. The summed E-state index contributed by atoms with van der Waals surface area (Å²) in [6, 6.07) is 0. The van der Waals surface area contributed by atoms with E-state index in [1.807, 2.05) is 6.92 Å². The van der Waals surface area contributed by atoms with Gasteiger partial charge in [0.2, 0.25) is 0 Å². The Morgan fingerprint density at radius 3 is 2.83 bits per heavy atom. The second-order valence-electron chi connectivity index (χ2n) is 4.72. The number of thiocarbonyl (C=S) groups is 1. The molecule has 0 amide bonds. The molecule has 5 heteroatoms. The molecule has 1 aliphatic rings. The van der Waals surface area contributed by atoms with Crippen LogP contribution in [0.5, 0.6) is 0 Å². The maximum absolute atomic E-state index is 5.37. The van der Waals surface area contributed by atoms with Crippen molar-refractivity contribution in [2.24, 2.45) is 5.92 Å². The zero-order valence-corrected chi connectivity index (χ0v) is 12.4. The Morgan fingerprint density at radius 1 is 1.44 bits per heavy atom. The Bertz CT molecular complexity index is 233. The van der Waals surface area contributed by atoms with E-state index in [4.69, 9.17) is 21.7 Å². The number of nitrogens with zero attached hydrogens (tertiary/aromatic N) is 1. The predicted molar refractivity (Wildman–Crippen MR) is 77.9 cm³/mol. The fourth-order valence-corrected chi connectivity index (χ4v) is 2.22. The number of hydrogen-bond donors (Lipinski definition) is 1. The summed E-state index contributed by atoms with van der Waals surface area (Å²) in [4.78, 5) is 2.14. The average molecular weight is 274 g/mol. The van der Waals surface area contributed by atoms with Gasteiger partial charge in [-0.1, -0.05) is 0 Å². The molecule has 18 heavy (non-hydrogen) atoms. The molecule has 0 bridgehead atoms. The van der Waals surface area contributed by atoms with Crippen LogP contribution in [0.2, 0.25) is 0 Å². The van der Waals surface area contributed by atoms with Gasteiger partial charge in [0, 0.05) is 46.6 Å². The summed E-state index contributed by atoms with van der Waals surface area (Å²) in [7, 11) is 2.06. The molecule has 0 radical (unpaired) electrons. The van der Waals surface area contributed by atoms with Crippen LogP contribution in [-0.2, 0) is 9.47 Å². The first-order valence-corrected chi connectivity index (χ1v) is 7.29. The molecule has 0 aromatic carbocycles. The zero-order valence-electron chi connectivity index (χ0n) is 11.6. The summed E-state index contributed by atoms with van der Waals surface area (Å²) in [5.74, 6) is 0.715. The van der Waals surface area contributed by atoms with Crippen LogP contribution in [0.25, 0.3) is 0 Å². The molecule has 1 fully saturated rings. The topological polar surface area (TPSA) is 33.7 Å². The standard InChI is InChI=1S/C13H26N2O2S/c1-3-16-8-4-7-14-13(18)15(2)11-12-5-9-17-10-6-12/h12H,3-11H2,1-2H3,(H,14,18). The third kappa shape index (κ3) is 6.52. The fraction of sp³-hybridized carbons (Fsp3) is 0.923. The normalized spacial score (nSPS) is 16.6. The number of hydrogen-bond acceptors (Lipinski definition) is 3. The van der Waals surface area contributed by atoms with E-state index in [0.717, 1.165) is 63.9 Å². The molecule has 0 spiro atoms. The van der Waals surface area contributed by atoms with Gasteiger partial charge >= 0.3 is 0 Å². The van der Waals surface area contributed by atoms with E-state index >= 15 is 0 Å². The summed E-state index contributed by atoms with van der Waals surface area (Å²) in [5.41, 5.74) is 0. The van der Waals surface area contributed by atoms with Crippen molar-refractivity contribution in [1.82, 2.24) is 10.2 Å². The third-order valence-corrected chi connectivity index (χ3v) is 3.62. The molecule has 0 unspecified atom stereocenters. The van der Waals surface area contributed by atoms with Gasteiger partial charge in [-0.25, -0.2) is 0 Å². The molecule has 1 saturated heterocycles. The van der Waals surface area contributed by atoms with Crippen LogP contribution in [-0.4, -0.2) is 56.6 Å². The first kappa shape index (κ1) is 15.7. The van der Waals surface area contributed by atoms with Crippen molar-refractivity contribution < 1.29 is 9.47 Å². The van der Waals surface area contributed by atoms with E-state index in [1.165, 1.54) is 0 Å². The maximum atomic E-state index is 5.37. The number of nitrogens with one attached hydrogen (secondary N) is 1. The fourth-order valence-electron chi connectivity index (χ4n) is 2.05. The van der Waals surface area contributed by atoms with Crippen molar-refractivity contribution in [3.8, 4) is 0 Å². The monoisotopic (exact) mass is 274 g/mol. The smallest absolute Gasteiger partial charge is 0.168 e. The Labute approximate surface area is 116 Å². The van der Waals surface area contributed by atoms with Gasteiger partial charge < -0.3 is 19.7 Å². The molecular formula is C13H26N2O2S. The van der Waals surface area contributed by atoms with Crippen LogP contribution < -0.4 is 5.32 Å². The van der Waals surface area contributed by atoms with Crippen LogP contribution in [0, 0.1) is 5.92 Å². The Balaban J connectivity index is 2.08. The second kappa shape index (κ2) is 9.53. The summed E-state index contributed by atoms with van der Waals surface area (Å²) >= 11 is 5.37.